The molecule has 6 nitrogen and oxygen atoms in total. The van der Waals surface area contributed by atoms with Crippen LogP contribution in [0, 0.1) is 11.6 Å². The molecule has 23 heavy (non-hydrogen) atoms. The number of urea groups is 1. The molecule has 0 radical (unpaired) electrons. The number of aliphatic hydroxyl groups is 1. The summed E-state index contributed by atoms with van der Waals surface area (Å²) in [5, 5.41) is 24.0. The number of carbonyl (C=O) groups is 1. The van der Waals surface area contributed by atoms with Gasteiger partial charge in [-0.15, -0.1) is 10.2 Å². The van der Waals surface area contributed by atoms with Crippen molar-refractivity contribution in [2.75, 3.05) is 11.9 Å². The van der Waals surface area contributed by atoms with Crippen molar-refractivity contribution >= 4 is 22.5 Å². The highest BCUT2D eigenvalue weighted by molar-refractivity contribution is 7.15. The second-order valence-electron chi connectivity index (χ2n) is 5.24. The summed E-state index contributed by atoms with van der Waals surface area (Å²) in [5.74, 6) is -1.58. The molecule has 1 heterocycles. The summed E-state index contributed by atoms with van der Waals surface area (Å²) in [6.07, 6.45) is 1.05. The van der Waals surface area contributed by atoms with E-state index in [1.807, 2.05) is 0 Å². The zero-order valence-electron chi connectivity index (χ0n) is 11.9. The van der Waals surface area contributed by atoms with Crippen LogP contribution in [0.3, 0.4) is 0 Å². The van der Waals surface area contributed by atoms with E-state index in [2.05, 4.69) is 20.8 Å². The van der Waals surface area contributed by atoms with Crippen molar-refractivity contribution in [3.63, 3.8) is 0 Å². The fraction of sp³-hybridized carbons (Fsp3) is 0.357. The molecule has 0 unspecified atom stereocenters. The minimum Gasteiger partial charge on any atom is -0.387 e. The normalized spacial score (nSPS) is 15.3. The number of aliphatic hydroxyl groups excluding tert-OH is 1. The number of rotatable bonds is 5. The second-order valence-corrected chi connectivity index (χ2v) is 6.25. The molecular formula is C14H14F2N4O2S. The van der Waals surface area contributed by atoms with Gasteiger partial charge in [0.2, 0.25) is 5.13 Å². The SMILES string of the molecule is O=C(NC[C@@H](O)c1ccc(F)c(F)c1)Nc1nnc(C2CC2)s1. The number of aromatic nitrogens is 2. The molecule has 1 aliphatic rings. The fourth-order valence-electron chi connectivity index (χ4n) is 1.95. The van der Waals surface area contributed by atoms with E-state index in [-0.39, 0.29) is 12.1 Å². The maximum atomic E-state index is 13.1. The quantitative estimate of drug-likeness (QED) is 0.781. The molecule has 2 aromatic rings. The summed E-state index contributed by atoms with van der Waals surface area (Å²) in [6, 6.07) is 2.53. The van der Waals surface area contributed by atoms with Gasteiger partial charge in [-0.05, 0) is 30.5 Å². The van der Waals surface area contributed by atoms with E-state index in [0.717, 1.165) is 30.0 Å². The van der Waals surface area contributed by atoms with E-state index in [4.69, 9.17) is 0 Å². The zero-order chi connectivity index (χ0) is 16.4. The summed E-state index contributed by atoms with van der Waals surface area (Å²) in [7, 11) is 0. The van der Waals surface area contributed by atoms with E-state index < -0.39 is 23.8 Å². The van der Waals surface area contributed by atoms with Crippen LogP contribution in [0.2, 0.25) is 0 Å². The van der Waals surface area contributed by atoms with E-state index in [0.29, 0.717) is 11.0 Å². The van der Waals surface area contributed by atoms with E-state index in [1.54, 1.807) is 0 Å². The van der Waals surface area contributed by atoms with Gasteiger partial charge in [0.1, 0.15) is 5.01 Å². The Morgan fingerprint density at radius 3 is 2.83 bits per heavy atom. The molecule has 122 valence electrons. The maximum Gasteiger partial charge on any atom is 0.321 e. The maximum absolute atomic E-state index is 13.1. The summed E-state index contributed by atoms with van der Waals surface area (Å²) in [5.41, 5.74) is 0.177. The predicted molar refractivity (Wildman–Crippen MR) is 80.2 cm³/mol. The molecule has 2 amide bonds. The lowest BCUT2D eigenvalue weighted by Gasteiger charge is -2.12. The number of nitrogens with one attached hydrogen (secondary N) is 2. The van der Waals surface area contributed by atoms with Crippen LogP contribution in [-0.4, -0.2) is 27.9 Å². The first kappa shape index (κ1) is 15.8. The molecule has 1 aliphatic carbocycles. The highest BCUT2D eigenvalue weighted by Crippen LogP contribution is 2.41. The highest BCUT2D eigenvalue weighted by atomic mass is 32.1. The van der Waals surface area contributed by atoms with Crippen LogP contribution in [0.5, 0.6) is 0 Å². The van der Waals surface area contributed by atoms with Gasteiger partial charge in [0.05, 0.1) is 6.10 Å². The van der Waals surface area contributed by atoms with Crippen molar-refractivity contribution in [2.24, 2.45) is 0 Å². The first-order valence-electron chi connectivity index (χ1n) is 7.04. The van der Waals surface area contributed by atoms with Crippen molar-refractivity contribution in [2.45, 2.75) is 24.9 Å². The number of carbonyl (C=O) groups excluding carboxylic acids is 1. The Morgan fingerprint density at radius 1 is 1.35 bits per heavy atom. The number of amides is 2. The van der Waals surface area contributed by atoms with Crippen molar-refractivity contribution < 1.29 is 18.7 Å². The Bertz CT molecular complexity index is 721. The molecule has 3 N–H and O–H groups in total. The standard InChI is InChI=1S/C14H14F2N4O2S/c15-9-4-3-8(5-10(9)16)11(21)6-17-13(22)18-14-20-19-12(23-14)7-1-2-7/h3-5,7,11,21H,1-2,6H2,(H2,17,18,20,22)/t11-/m1/s1. The van der Waals surface area contributed by atoms with Crippen molar-refractivity contribution in [1.82, 2.24) is 15.5 Å². The van der Waals surface area contributed by atoms with Gasteiger partial charge in [-0.2, -0.15) is 0 Å². The molecule has 1 atom stereocenters. The number of halogens is 2. The lowest BCUT2D eigenvalue weighted by Crippen LogP contribution is -2.32. The first-order valence-corrected chi connectivity index (χ1v) is 7.86. The van der Waals surface area contributed by atoms with Crippen LogP contribution in [0.25, 0.3) is 0 Å². The van der Waals surface area contributed by atoms with Gasteiger partial charge in [-0.3, -0.25) is 5.32 Å². The molecule has 9 heteroatoms. The lowest BCUT2D eigenvalue weighted by molar-refractivity contribution is 0.174. The largest absolute Gasteiger partial charge is 0.387 e. The van der Waals surface area contributed by atoms with Crippen LogP contribution in [-0.2, 0) is 0 Å². The average molecular weight is 340 g/mol. The van der Waals surface area contributed by atoms with Crippen LogP contribution in [0.4, 0.5) is 18.7 Å². The van der Waals surface area contributed by atoms with Crippen molar-refractivity contribution in [3.05, 3.63) is 40.4 Å². The molecule has 1 fully saturated rings. The molecular weight excluding hydrogens is 326 g/mol. The topological polar surface area (TPSA) is 87.1 Å². The summed E-state index contributed by atoms with van der Waals surface area (Å²) < 4.78 is 25.9. The number of hydrogen-bond acceptors (Lipinski definition) is 5. The number of benzene rings is 1. The number of nitrogens with zero attached hydrogens (tertiary/aromatic N) is 2. The minimum atomic E-state index is -1.15. The van der Waals surface area contributed by atoms with E-state index in [9.17, 15) is 18.7 Å². The highest BCUT2D eigenvalue weighted by Gasteiger charge is 2.27. The van der Waals surface area contributed by atoms with Gasteiger partial charge in [0.25, 0.3) is 0 Å². The van der Waals surface area contributed by atoms with Crippen LogP contribution in [0.1, 0.15) is 35.4 Å². The third kappa shape index (κ3) is 3.99. The predicted octanol–water partition coefficient (Wildman–Crippen LogP) is 2.55. The second kappa shape index (κ2) is 6.55. The van der Waals surface area contributed by atoms with E-state index in [1.165, 1.54) is 17.4 Å². The number of hydrogen-bond donors (Lipinski definition) is 3. The molecule has 0 saturated heterocycles. The van der Waals surface area contributed by atoms with Crippen LogP contribution >= 0.6 is 11.3 Å². The molecule has 0 spiro atoms. The Labute approximate surface area is 134 Å². The summed E-state index contributed by atoms with van der Waals surface area (Å²) in [6.45, 7) is -0.148. The Hall–Kier alpha value is -2.13. The Morgan fingerprint density at radius 2 is 2.13 bits per heavy atom. The van der Waals surface area contributed by atoms with Gasteiger partial charge >= 0.3 is 6.03 Å². The van der Waals surface area contributed by atoms with Gasteiger partial charge < -0.3 is 10.4 Å². The number of anilines is 1. The monoisotopic (exact) mass is 340 g/mol. The van der Waals surface area contributed by atoms with Gasteiger partial charge in [0, 0.05) is 12.5 Å². The smallest absolute Gasteiger partial charge is 0.321 e. The van der Waals surface area contributed by atoms with Crippen molar-refractivity contribution in [3.8, 4) is 0 Å². The lowest BCUT2D eigenvalue weighted by atomic mass is 10.1. The van der Waals surface area contributed by atoms with Crippen LogP contribution in [0.15, 0.2) is 18.2 Å². The third-order valence-corrected chi connectivity index (χ3v) is 4.37. The molecule has 1 aromatic carbocycles. The molecule has 0 bridgehead atoms. The average Bonchev–Trinajstić information content (AvgIpc) is 3.28. The molecule has 1 saturated carbocycles. The fourth-order valence-corrected chi connectivity index (χ4v) is 2.86. The first-order chi connectivity index (χ1) is 11.0. The Kier molecular flexibility index (Phi) is 4.49. The van der Waals surface area contributed by atoms with Gasteiger partial charge in [0.15, 0.2) is 11.6 Å². The third-order valence-electron chi connectivity index (χ3n) is 3.37. The summed E-state index contributed by atoms with van der Waals surface area (Å²) >= 11 is 1.32. The Balaban J connectivity index is 1.50. The minimum absolute atomic E-state index is 0.148. The van der Waals surface area contributed by atoms with Crippen LogP contribution < -0.4 is 10.6 Å². The van der Waals surface area contributed by atoms with Gasteiger partial charge in [-0.25, -0.2) is 13.6 Å². The molecule has 0 aliphatic heterocycles. The zero-order valence-corrected chi connectivity index (χ0v) is 12.7. The van der Waals surface area contributed by atoms with Gasteiger partial charge in [-0.1, -0.05) is 17.4 Å². The molecule has 1 aromatic heterocycles. The van der Waals surface area contributed by atoms with E-state index >= 15 is 0 Å². The van der Waals surface area contributed by atoms with Crippen molar-refractivity contribution in [1.29, 1.82) is 0 Å². The molecule has 3 rings (SSSR count). The summed E-state index contributed by atoms with van der Waals surface area (Å²) in [4.78, 5) is 11.7.